The summed E-state index contributed by atoms with van der Waals surface area (Å²) in [6.07, 6.45) is 9.63. The Balaban J connectivity index is -0.000000478. The zero-order valence-electron chi connectivity index (χ0n) is 15.2. The molecule has 0 aliphatic rings. The molecule has 0 fully saturated rings. The first kappa shape index (κ1) is 24.2. The van der Waals surface area contributed by atoms with Gasteiger partial charge in [-0.3, -0.25) is 0 Å². The highest BCUT2D eigenvalue weighted by molar-refractivity contribution is 5.78. The summed E-state index contributed by atoms with van der Waals surface area (Å²) in [4.78, 5) is 0. The average Bonchev–Trinajstić information content (AvgIpc) is 2.59. The van der Waals surface area contributed by atoms with Gasteiger partial charge in [0.05, 0.1) is 0 Å². The lowest BCUT2D eigenvalue weighted by atomic mass is 9.95. The molecule has 0 heteroatoms. The van der Waals surface area contributed by atoms with Gasteiger partial charge in [0.15, 0.2) is 0 Å². The molecule has 0 aliphatic heterocycles. The maximum Gasteiger partial charge on any atom is -0.0112 e. The summed E-state index contributed by atoms with van der Waals surface area (Å²) in [5.74, 6) is 0. The van der Waals surface area contributed by atoms with E-state index >= 15 is 0 Å². The second kappa shape index (κ2) is 18.2. The highest BCUT2D eigenvalue weighted by atomic mass is 14.1. The fraction of sp³-hybridized carbons (Fsp3) is 0.333. The number of hydrogen-bond donors (Lipinski definition) is 0. The Hall–Kier alpha value is -1.82. The van der Waals surface area contributed by atoms with Crippen LogP contribution in [-0.2, 0) is 0 Å². The highest BCUT2D eigenvalue weighted by Gasteiger charge is 2.04. The first-order valence-corrected chi connectivity index (χ1v) is 7.95. The molecule has 118 valence electrons. The van der Waals surface area contributed by atoms with Crippen LogP contribution < -0.4 is 0 Å². The molecule has 0 heterocycles. The molecule has 0 radical (unpaired) electrons. The average molecular weight is 287 g/mol. The van der Waals surface area contributed by atoms with E-state index in [-0.39, 0.29) is 0 Å². The quantitative estimate of drug-likeness (QED) is 0.531. The van der Waals surface area contributed by atoms with Crippen molar-refractivity contribution in [1.29, 1.82) is 0 Å². The van der Waals surface area contributed by atoms with Gasteiger partial charge < -0.3 is 0 Å². The van der Waals surface area contributed by atoms with Crippen LogP contribution in [0.15, 0.2) is 37.9 Å². The summed E-state index contributed by atoms with van der Waals surface area (Å²) >= 11 is 0. The van der Waals surface area contributed by atoms with Crippen LogP contribution in [0, 0.1) is 0 Å². The molecule has 0 amide bonds. The smallest absolute Gasteiger partial charge is 0.0112 e. The molecule has 1 aromatic rings. The molecule has 0 unspecified atom stereocenters. The topological polar surface area (TPSA) is 0 Å². The molecule has 0 saturated carbocycles. The fourth-order valence-electron chi connectivity index (χ4n) is 1.63. The summed E-state index contributed by atoms with van der Waals surface area (Å²) in [5.41, 5.74) is 4.46. The van der Waals surface area contributed by atoms with E-state index in [2.05, 4.69) is 31.9 Å². The Morgan fingerprint density at radius 2 is 1.05 bits per heavy atom. The van der Waals surface area contributed by atoms with Gasteiger partial charge in [-0.05, 0) is 29.2 Å². The van der Waals surface area contributed by atoms with Crippen molar-refractivity contribution in [2.75, 3.05) is 0 Å². The second-order valence-electron chi connectivity index (χ2n) is 3.18. The molecule has 0 aliphatic carbocycles. The molecule has 0 atom stereocenters. The Bertz CT molecular complexity index is 420. The first-order valence-electron chi connectivity index (χ1n) is 7.95. The predicted molar refractivity (Wildman–Crippen MR) is 105 cm³/mol. The molecule has 0 nitrogen and oxygen atoms in total. The monoisotopic (exact) mass is 286 g/mol. The summed E-state index contributed by atoms with van der Waals surface area (Å²) in [6.45, 7) is 25.5. The van der Waals surface area contributed by atoms with Crippen LogP contribution in [0.25, 0.3) is 24.3 Å². The van der Waals surface area contributed by atoms with Gasteiger partial charge in [0, 0.05) is 0 Å². The van der Waals surface area contributed by atoms with Crippen molar-refractivity contribution in [3.05, 3.63) is 60.2 Å². The van der Waals surface area contributed by atoms with E-state index < -0.39 is 0 Å². The molecule has 21 heavy (non-hydrogen) atoms. The third-order valence-electron chi connectivity index (χ3n) is 2.33. The van der Waals surface area contributed by atoms with Gasteiger partial charge in [0.2, 0.25) is 0 Å². The van der Waals surface area contributed by atoms with Crippen LogP contribution in [0.5, 0.6) is 0 Å². The minimum Gasteiger partial charge on any atom is -0.0984 e. The van der Waals surface area contributed by atoms with Crippen LogP contribution in [-0.4, -0.2) is 0 Å². The van der Waals surface area contributed by atoms with Crippen molar-refractivity contribution < 1.29 is 0 Å². The van der Waals surface area contributed by atoms with E-state index in [1.807, 2.05) is 78.8 Å². The van der Waals surface area contributed by atoms with Gasteiger partial charge in [0.25, 0.3) is 0 Å². The number of benzene rings is 1. The van der Waals surface area contributed by atoms with E-state index in [9.17, 15) is 0 Å². The minimum atomic E-state index is 1.09. The number of allylic oxidation sites excluding steroid dienone is 1. The Kier molecular flexibility index (Phi) is 21.0. The summed E-state index contributed by atoms with van der Waals surface area (Å²) in [6, 6.07) is 4.12. The first-order chi connectivity index (χ1) is 10.3. The zero-order valence-corrected chi connectivity index (χ0v) is 15.2. The van der Waals surface area contributed by atoms with Crippen LogP contribution in [0.4, 0.5) is 0 Å². The standard InChI is InChI=1S/C15H16.3C2H6/c1-5-9-13-11-10-12(6-2)14(7-3)15(13)8-4;3*1-2/h5-11H,2-4H2,1H3;3*1-2H3/b9-5-;;;. The molecule has 1 aromatic carbocycles. The Labute approximate surface area is 133 Å². The van der Waals surface area contributed by atoms with E-state index in [4.69, 9.17) is 0 Å². The maximum absolute atomic E-state index is 3.84. The molecule has 0 aromatic heterocycles. The van der Waals surface area contributed by atoms with Crippen molar-refractivity contribution >= 4 is 24.3 Å². The van der Waals surface area contributed by atoms with Crippen LogP contribution in [0.1, 0.15) is 70.7 Å². The SMILES string of the molecule is C=Cc1ccc(/C=C\C)c(C=C)c1C=C.CC.CC.CC. The lowest BCUT2D eigenvalue weighted by Gasteiger charge is -2.09. The van der Waals surface area contributed by atoms with Crippen LogP contribution >= 0.6 is 0 Å². The molecule has 1 rings (SSSR count). The van der Waals surface area contributed by atoms with Crippen molar-refractivity contribution in [1.82, 2.24) is 0 Å². The lowest BCUT2D eigenvalue weighted by molar-refractivity contribution is 1.50. The highest BCUT2D eigenvalue weighted by Crippen LogP contribution is 2.23. The normalized spacial score (nSPS) is 8.14. The largest absolute Gasteiger partial charge is 0.0984 e. The molecule has 0 saturated heterocycles. The van der Waals surface area contributed by atoms with Gasteiger partial charge in [-0.25, -0.2) is 0 Å². The zero-order chi connectivity index (χ0) is 17.3. The maximum atomic E-state index is 3.84. The molecule has 0 N–H and O–H groups in total. The minimum absolute atomic E-state index is 1.09. The van der Waals surface area contributed by atoms with Gasteiger partial charge in [0.1, 0.15) is 0 Å². The van der Waals surface area contributed by atoms with Gasteiger partial charge in [-0.2, -0.15) is 0 Å². The van der Waals surface area contributed by atoms with Crippen molar-refractivity contribution in [2.24, 2.45) is 0 Å². The van der Waals surface area contributed by atoms with Gasteiger partial charge >= 0.3 is 0 Å². The fourth-order valence-corrected chi connectivity index (χ4v) is 1.63. The Morgan fingerprint density at radius 3 is 1.38 bits per heavy atom. The van der Waals surface area contributed by atoms with E-state index in [1.54, 1.807) is 0 Å². The summed E-state index contributed by atoms with van der Waals surface area (Å²) < 4.78 is 0. The lowest BCUT2D eigenvalue weighted by Crippen LogP contribution is -1.89. The molecule has 0 spiro atoms. The number of hydrogen-bond acceptors (Lipinski definition) is 0. The van der Waals surface area contributed by atoms with E-state index in [0.29, 0.717) is 0 Å². The van der Waals surface area contributed by atoms with Gasteiger partial charge in [-0.1, -0.05) is 104 Å². The van der Waals surface area contributed by atoms with E-state index in [1.165, 1.54) is 0 Å². The summed E-state index contributed by atoms with van der Waals surface area (Å²) in [7, 11) is 0. The van der Waals surface area contributed by atoms with Crippen LogP contribution in [0.3, 0.4) is 0 Å². The van der Waals surface area contributed by atoms with Crippen molar-refractivity contribution in [2.45, 2.75) is 48.5 Å². The summed E-state index contributed by atoms with van der Waals surface area (Å²) in [5, 5.41) is 0. The van der Waals surface area contributed by atoms with Crippen LogP contribution in [0.2, 0.25) is 0 Å². The van der Waals surface area contributed by atoms with E-state index in [0.717, 1.165) is 22.3 Å². The Morgan fingerprint density at radius 1 is 0.667 bits per heavy atom. The third kappa shape index (κ3) is 8.14. The molecule has 0 bridgehead atoms. The predicted octanol–water partition coefficient (Wildman–Crippen LogP) is 7.73. The van der Waals surface area contributed by atoms with Gasteiger partial charge in [-0.15, -0.1) is 0 Å². The molecular weight excluding hydrogens is 252 g/mol. The third-order valence-corrected chi connectivity index (χ3v) is 2.33. The molecular formula is C21H34. The number of rotatable bonds is 4. The van der Waals surface area contributed by atoms with Crippen molar-refractivity contribution in [3.63, 3.8) is 0 Å². The van der Waals surface area contributed by atoms with Crippen molar-refractivity contribution in [3.8, 4) is 0 Å². The second-order valence-corrected chi connectivity index (χ2v) is 3.18.